The normalized spacial score (nSPS) is 32.2. The summed E-state index contributed by atoms with van der Waals surface area (Å²) in [7, 11) is -12.9. The molecule has 0 aliphatic carbocycles. The summed E-state index contributed by atoms with van der Waals surface area (Å²) in [6.07, 6.45) is -6.96. The van der Waals surface area contributed by atoms with Gasteiger partial charge < -0.3 is 51.2 Å². The monoisotopic (exact) mass is 815 g/mol. The molecular weight excluding hydrogens is 743 g/mol. The average Bonchev–Trinajstić information content (AvgIpc) is 2.84. The number of ether oxygens (including phenoxy) is 3. The lowest BCUT2D eigenvalue weighted by Gasteiger charge is -2.53. The molecule has 10 atom stereocenters. The van der Waals surface area contributed by atoms with E-state index in [-0.39, 0.29) is 19.1 Å². The maximum absolute atomic E-state index is 12.9. The van der Waals surface area contributed by atoms with Gasteiger partial charge in [-0.05, 0) is 118 Å². The Labute approximate surface area is 310 Å². The van der Waals surface area contributed by atoms with Crippen molar-refractivity contribution in [3.8, 4) is 0 Å². The molecule has 2 heterocycles. The molecule has 50 heavy (non-hydrogen) atoms. The molecule has 2 saturated heterocycles. The molecule has 0 bridgehead atoms. The van der Waals surface area contributed by atoms with Gasteiger partial charge in [-0.15, -0.1) is 0 Å². The zero-order valence-electron chi connectivity index (χ0n) is 34.7. The molecule has 0 aromatic rings. The third kappa shape index (κ3) is 16.8. The van der Waals surface area contributed by atoms with Gasteiger partial charge in [0.1, 0.15) is 42.7 Å². The third-order valence-electron chi connectivity index (χ3n) is 7.24. The fourth-order valence-electron chi connectivity index (χ4n) is 5.73. The Morgan fingerprint density at radius 1 is 0.540 bits per heavy atom. The Bertz CT molecular complexity index is 1080. The van der Waals surface area contributed by atoms with Crippen LogP contribution in [0.4, 0.5) is 0 Å². The molecule has 18 heteroatoms. The Kier molecular flexibility index (Phi) is 16.2. The number of carbonyl (C=O) groups excluding carboxylic acids is 1. The predicted octanol–water partition coefficient (Wildman–Crippen LogP) is 5.90. The number of aliphatic hydroxyl groups is 1. The third-order valence-corrected chi connectivity index (χ3v) is 13.2. The maximum Gasteiger partial charge on any atom is 0.217 e. The van der Waals surface area contributed by atoms with Crippen LogP contribution in [0.1, 0.15) is 6.92 Å². The highest BCUT2D eigenvalue weighted by molar-refractivity contribution is 6.71. The van der Waals surface area contributed by atoms with E-state index in [1.807, 2.05) is 0 Å². The summed E-state index contributed by atoms with van der Waals surface area (Å²) < 4.78 is 60.5. The highest BCUT2D eigenvalue weighted by Gasteiger charge is 2.56. The summed E-state index contributed by atoms with van der Waals surface area (Å²) in [4.78, 5) is 12.9. The van der Waals surface area contributed by atoms with Crippen molar-refractivity contribution in [3.05, 3.63) is 0 Å². The van der Waals surface area contributed by atoms with Crippen LogP contribution in [0.15, 0.2) is 0 Å². The van der Waals surface area contributed by atoms with E-state index in [1.165, 1.54) is 6.92 Å². The fraction of sp³-hybridized carbons (Fsp3) is 0.969. The molecule has 0 aromatic heterocycles. The van der Waals surface area contributed by atoms with Crippen molar-refractivity contribution in [2.24, 2.45) is 0 Å². The van der Waals surface area contributed by atoms with Crippen LogP contribution in [-0.2, 0) is 45.6 Å². The summed E-state index contributed by atoms with van der Waals surface area (Å²) in [6, 6.07) is -0.738. The van der Waals surface area contributed by atoms with Crippen molar-refractivity contribution in [2.75, 3.05) is 13.2 Å². The lowest BCUT2D eigenvalue weighted by Crippen LogP contribution is -2.71. The number of carbonyl (C=O) groups is 1. The second-order valence-electron chi connectivity index (χ2n) is 19.6. The van der Waals surface area contributed by atoms with Crippen LogP contribution < -0.4 is 5.32 Å². The number of hydrogen-bond donors (Lipinski definition) is 2. The van der Waals surface area contributed by atoms with E-state index in [2.05, 4.69) is 123 Å². The molecule has 2 N–H and O–H groups in total. The lowest BCUT2D eigenvalue weighted by molar-refractivity contribution is -0.334. The quantitative estimate of drug-likeness (QED) is 0.170. The van der Waals surface area contributed by atoms with Gasteiger partial charge in [0.25, 0.3) is 0 Å². The Morgan fingerprint density at radius 2 is 0.920 bits per heavy atom. The van der Waals surface area contributed by atoms with Crippen molar-refractivity contribution < 1.29 is 50.7 Å². The van der Waals surface area contributed by atoms with Gasteiger partial charge in [0.2, 0.25) is 5.91 Å². The van der Waals surface area contributed by atoms with Crippen molar-refractivity contribution in [3.63, 3.8) is 0 Å². The first-order valence-corrected chi connectivity index (χ1v) is 38.6. The molecule has 0 radical (unpaired) electrons. The topological polar surface area (TPSA) is 132 Å². The lowest BCUT2D eigenvalue weighted by atomic mass is 9.95. The fourth-order valence-corrected chi connectivity index (χ4v) is 11.4. The first-order chi connectivity index (χ1) is 22.2. The van der Waals surface area contributed by atoms with Crippen LogP contribution in [0.2, 0.25) is 118 Å². The van der Waals surface area contributed by atoms with Crippen LogP contribution in [0, 0.1) is 0 Å². The van der Waals surface area contributed by atoms with Crippen molar-refractivity contribution in [1.82, 2.24) is 5.32 Å². The number of hydrogen-bond acceptors (Lipinski definition) is 11. The zero-order valence-corrected chi connectivity index (χ0v) is 40.7. The molecule has 6 unspecified atom stereocenters. The summed E-state index contributed by atoms with van der Waals surface area (Å²) in [5.41, 5.74) is 0. The summed E-state index contributed by atoms with van der Waals surface area (Å²) in [5.74, 6) is -0.247. The minimum atomic E-state index is -2.27. The van der Waals surface area contributed by atoms with E-state index >= 15 is 0 Å². The van der Waals surface area contributed by atoms with E-state index in [1.54, 1.807) is 0 Å². The number of nitrogens with one attached hydrogen (secondary N) is 1. The second kappa shape index (κ2) is 17.4. The molecule has 0 spiro atoms. The molecule has 2 rings (SSSR count). The number of aliphatic hydroxyl groups excluding tert-OH is 1. The van der Waals surface area contributed by atoms with Crippen molar-refractivity contribution in [1.29, 1.82) is 0 Å². The molecule has 2 aliphatic heterocycles. The standard InChI is InChI=1S/C32H73NO11Si6/c1-22(34)33-25-28(42-48(11,12)13)27(41-47(8,9)10)24(21-37-46(5,6)7)39-32(25)40-26-23(20-36-45(2,3)4)38-31(35)30(44-50(17,18)19)29(26)43-49(14,15)16/h23-32,35H,20-21H2,1-19H3,(H,33,34)/t23?,24-,25-,26?,27+,28-,29?,30?,31?,32?/m1/s1. The molecule has 0 saturated carbocycles. The van der Waals surface area contributed by atoms with Gasteiger partial charge in [0, 0.05) is 6.92 Å². The Morgan fingerprint density at radius 3 is 1.32 bits per heavy atom. The molecule has 12 nitrogen and oxygen atoms in total. The first-order valence-electron chi connectivity index (χ1n) is 18.1. The SMILES string of the molecule is CC(=O)N[C@H]1C(OC2C(CO[Si](C)(C)C)OC(O)C(O[Si](C)(C)C)C2O[Si](C)(C)C)O[C@H](CO[Si](C)(C)C)[C@H](O[Si](C)(C)C)[C@@H]1O[Si](C)(C)C. The van der Waals surface area contributed by atoms with E-state index in [4.69, 9.17) is 40.8 Å². The first kappa shape index (κ1) is 46.5. The molecule has 0 aromatic carbocycles. The number of amides is 1. The van der Waals surface area contributed by atoms with Crippen molar-refractivity contribution in [2.45, 2.75) is 186 Å². The van der Waals surface area contributed by atoms with E-state index in [0.717, 1.165) is 0 Å². The van der Waals surface area contributed by atoms with Crippen molar-refractivity contribution >= 4 is 55.8 Å². The van der Waals surface area contributed by atoms with Gasteiger partial charge in [-0.1, -0.05) is 0 Å². The highest BCUT2D eigenvalue weighted by atomic mass is 28.4. The van der Waals surface area contributed by atoms with Gasteiger partial charge in [-0.2, -0.15) is 0 Å². The largest absolute Gasteiger partial charge is 0.415 e. The Hall–Kier alpha value is 0.371. The van der Waals surface area contributed by atoms with Gasteiger partial charge in [0.05, 0.1) is 19.3 Å². The summed E-state index contributed by atoms with van der Waals surface area (Å²) in [5, 5.41) is 14.6. The average molecular weight is 816 g/mol. The zero-order chi connectivity index (χ0) is 38.8. The van der Waals surface area contributed by atoms with Crippen LogP contribution in [0.3, 0.4) is 0 Å². The smallest absolute Gasteiger partial charge is 0.217 e. The molecule has 2 aliphatic rings. The highest BCUT2D eigenvalue weighted by Crippen LogP contribution is 2.37. The van der Waals surface area contributed by atoms with E-state index in [9.17, 15) is 9.90 Å². The molecule has 296 valence electrons. The van der Waals surface area contributed by atoms with Crippen LogP contribution in [0.25, 0.3) is 0 Å². The predicted molar refractivity (Wildman–Crippen MR) is 213 cm³/mol. The van der Waals surface area contributed by atoms with Crippen LogP contribution in [0.5, 0.6) is 0 Å². The van der Waals surface area contributed by atoms with Gasteiger partial charge in [-0.25, -0.2) is 0 Å². The van der Waals surface area contributed by atoms with E-state index in [0.29, 0.717) is 0 Å². The summed E-state index contributed by atoms with van der Waals surface area (Å²) >= 11 is 0. The Balaban J connectivity index is 2.79. The maximum atomic E-state index is 12.9. The molecule has 2 fully saturated rings. The molecule has 1 amide bonds. The van der Waals surface area contributed by atoms with Gasteiger partial charge in [-0.3, -0.25) is 4.79 Å². The van der Waals surface area contributed by atoms with Crippen LogP contribution >= 0.6 is 0 Å². The van der Waals surface area contributed by atoms with Crippen LogP contribution in [-0.4, -0.2) is 135 Å². The second-order valence-corrected chi connectivity index (χ2v) is 46.4. The van der Waals surface area contributed by atoms with Gasteiger partial charge >= 0.3 is 0 Å². The summed E-state index contributed by atoms with van der Waals surface area (Å²) in [6.45, 7) is 39.9. The minimum Gasteiger partial charge on any atom is -0.415 e. The number of rotatable bonds is 17. The molecular formula is C32H73NO11Si6. The van der Waals surface area contributed by atoms with E-state index < -0.39 is 111 Å². The van der Waals surface area contributed by atoms with Gasteiger partial charge in [0.15, 0.2) is 62.5 Å². The minimum absolute atomic E-state index is 0.179.